The topological polar surface area (TPSA) is 52.6 Å². The maximum Gasteiger partial charge on any atom is 0.339 e. The van der Waals surface area contributed by atoms with Gasteiger partial charge in [-0.25, -0.2) is 0 Å². The predicted molar refractivity (Wildman–Crippen MR) is 85.8 cm³/mol. The van der Waals surface area contributed by atoms with Crippen molar-refractivity contribution in [1.82, 2.24) is 0 Å². The van der Waals surface area contributed by atoms with Gasteiger partial charge in [0.25, 0.3) is 0 Å². The third-order valence-electron chi connectivity index (χ3n) is 3.34. The number of hydrogen-bond donors (Lipinski definition) is 0. The van der Waals surface area contributed by atoms with Gasteiger partial charge in [0.15, 0.2) is 0 Å². The summed E-state index contributed by atoms with van der Waals surface area (Å²) < 4.78 is 35.0. The van der Waals surface area contributed by atoms with Crippen molar-refractivity contribution in [2.75, 3.05) is 13.7 Å². The highest BCUT2D eigenvalue weighted by atomic mass is 32.2. The van der Waals surface area contributed by atoms with Crippen molar-refractivity contribution in [3.8, 4) is 5.75 Å². The predicted octanol–water partition coefficient (Wildman–Crippen LogP) is 3.26. The lowest BCUT2D eigenvalue weighted by Crippen LogP contribution is -2.11. The molecule has 0 aliphatic heterocycles. The van der Waals surface area contributed by atoms with Crippen LogP contribution in [-0.4, -0.2) is 22.1 Å². The Morgan fingerprint density at radius 1 is 1.00 bits per heavy atom. The molecule has 0 fully saturated rings. The molecule has 22 heavy (non-hydrogen) atoms. The van der Waals surface area contributed by atoms with Gasteiger partial charge in [-0.3, -0.25) is 0 Å². The van der Waals surface area contributed by atoms with Gasteiger partial charge in [0, 0.05) is 7.11 Å². The van der Waals surface area contributed by atoms with E-state index in [1.54, 1.807) is 38.3 Å². The van der Waals surface area contributed by atoms with Crippen LogP contribution in [0, 0.1) is 13.8 Å². The third-order valence-corrected chi connectivity index (χ3v) is 4.73. The molecular weight excluding hydrogens is 300 g/mol. The molecule has 2 aromatic rings. The Hall–Kier alpha value is -1.85. The van der Waals surface area contributed by atoms with Gasteiger partial charge in [-0.1, -0.05) is 24.3 Å². The summed E-state index contributed by atoms with van der Waals surface area (Å²) in [4.78, 5) is 0.205. The zero-order chi connectivity index (χ0) is 16.2. The van der Waals surface area contributed by atoms with Gasteiger partial charge in [0.05, 0.1) is 6.61 Å². The Morgan fingerprint density at radius 2 is 1.68 bits per heavy atom. The fourth-order valence-electron chi connectivity index (χ4n) is 2.08. The van der Waals surface area contributed by atoms with E-state index < -0.39 is 10.1 Å². The number of rotatable bonds is 6. The standard InChI is InChI=1S/C17H20O4S/c1-13-4-5-14(2)17(12-13)22(18,19)21-16-8-6-15(7-9-16)10-11-20-3/h4-9,12H,10-11H2,1-3H3. The van der Waals surface area contributed by atoms with Crippen molar-refractivity contribution in [3.63, 3.8) is 0 Å². The molecule has 0 radical (unpaired) electrons. The van der Waals surface area contributed by atoms with Crippen LogP contribution in [0.25, 0.3) is 0 Å². The van der Waals surface area contributed by atoms with Crippen LogP contribution >= 0.6 is 0 Å². The lowest BCUT2D eigenvalue weighted by atomic mass is 10.1. The van der Waals surface area contributed by atoms with Crippen LogP contribution in [0.4, 0.5) is 0 Å². The summed E-state index contributed by atoms with van der Waals surface area (Å²) in [5, 5.41) is 0. The van der Waals surface area contributed by atoms with E-state index in [9.17, 15) is 8.42 Å². The lowest BCUT2D eigenvalue weighted by molar-refractivity contribution is 0.202. The first-order valence-electron chi connectivity index (χ1n) is 7.02. The molecule has 0 saturated heterocycles. The van der Waals surface area contributed by atoms with Crippen LogP contribution < -0.4 is 4.18 Å². The van der Waals surface area contributed by atoms with Gasteiger partial charge in [0.1, 0.15) is 10.6 Å². The Balaban J connectivity index is 2.20. The quantitative estimate of drug-likeness (QED) is 0.767. The zero-order valence-electron chi connectivity index (χ0n) is 13.0. The second-order valence-electron chi connectivity index (χ2n) is 5.19. The van der Waals surface area contributed by atoms with Gasteiger partial charge in [-0.05, 0) is 55.2 Å². The minimum Gasteiger partial charge on any atom is -0.384 e. The highest BCUT2D eigenvalue weighted by Crippen LogP contribution is 2.22. The molecule has 0 spiro atoms. The summed E-state index contributed by atoms with van der Waals surface area (Å²) in [6.07, 6.45) is 0.778. The number of methoxy groups -OCH3 is 1. The fraction of sp³-hybridized carbons (Fsp3) is 0.294. The molecule has 2 aromatic carbocycles. The van der Waals surface area contributed by atoms with Gasteiger partial charge < -0.3 is 8.92 Å². The maximum absolute atomic E-state index is 12.4. The van der Waals surface area contributed by atoms with Crippen LogP contribution in [0.3, 0.4) is 0 Å². The maximum atomic E-state index is 12.4. The molecule has 0 N–H and O–H groups in total. The van der Waals surface area contributed by atoms with Crippen molar-refractivity contribution >= 4 is 10.1 Å². The average Bonchev–Trinajstić information content (AvgIpc) is 2.48. The summed E-state index contributed by atoms with van der Waals surface area (Å²) in [5.74, 6) is 0.307. The first-order chi connectivity index (χ1) is 10.4. The number of benzene rings is 2. The molecule has 0 unspecified atom stereocenters. The fourth-order valence-corrected chi connectivity index (χ4v) is 3.33. The van der Waals surface area contributed by atoms with E-state index in [2.05, 4.69) is 0 Å². The van der Waals surface area contributed by atoms with Gasteiger partial charge in [-0.15, -0.1) is 0 Å². The average molecular weight is 320 g/mol. The second-order valence-corrected chi connectivity index (χ2v) is 6.71. The van der Waals surface area contributed by atoms with E-state index >= 15 is 0 Å². The van der Waals surface area contributed by atoms with Crippen molar-refractivity contribution in [2.24, 2.45) is 0 Å². The van der Waals surface area contributed by atoms with Crippen LogP contribution in [0.2, 0.25) is 0 Å². The Morgan fingerprint density at radius 3 is 2.32 bits per heavy atom. The van der Waals surface area contributed by atoms with Gasteiger partial charge >= 0.3 is 10.1 Å². The summed E-state index contributed by atoms with van der Waals surface area (Å²) >= 11 is 0. The molecule has 5 heteroatoms. The van der Waals surface area contributed by atoms with E-state index in [1.165, 1.54) is 0 Å². The third kappa shape index (κ3) is 4.08. The lowest BCUT2D eigenvalue weighted by Gasteiger charge is -2.10. The zero-order valence-corrected chi connectivity index (χ0v) is 13.8. The molecule has 118 valence electrons. The molecule has 0 heterocycles. The van der Waals surface area contributed by atoms with E-state index in [0.717, 1.165) is 17.5 Å². The van der Waals surface area contributed by atoms with E-state index in [0.29, 0.717) is 17.9 Å². The molecule has 2 rings (SSSR count). The van der Waals surface area contributed by atoms with Crippen LogP contribution in [0.15, 0.2) is 47.4 Å². The highest BCUT2D eigenvalue weighted by Gasteiger charge is 2.19. The molecule has 0 aliphatic rings. The molecule has 0 aromatic heterocycles. The van der Waals surface area contributed by atoms with Gasteiger partial charge in [0.2, 0.25) is 0 Å². The number of aryl methyl sites for hydroxylation is 2. The molecular formula is C17H20O4S. The molecule has 0 bridgehead atoms. The molecule has 0 atom stereocenters. The molecule has 0 amide bonds. The van der Waals surface area contributed by atoms with E-state index in [1.807, 2.05) is 25.1 Å². The Kier molecular flexibility index (Phi) is 5.21. The summed E-state index contributed by atoms with van der Waals surface area (Å²) in [6.45, 7) is 4.23. The summed E-state index contributed by atoms with van der Waals surface area (Å²) in [6, 6.07) is 12.3. The second kappa shape index (κ2) is 6.94. The van der Waals surface area contributed by atoms with Crippen LogP contribution in [-0.2, 0) is 21.3 Å². The van der Waals surface area contributed by atoms with Crippen molar-refractivity contribution in [3.05, 3.63) is 59.2 Å². The number of hydrogen-bond acceptors (Lipinski definition) is 4. The first-order valence-corrected chi connectivity index (χ1v) is 8.43. The molecule has 4 nitrogen and oxygen atoms in total. The SMILES string of the molecule is COCCc1ccc(OS(=O)(=O)c2cc(C)ccc2C)cc1. The van der Waals surface area contributed by atoms with E-state index in [4.69, 9.17) is 8.92 Å². The van der Waals surface area contributed by atoms with Crippen molar-refractivity contribution in [2.45, 2.75) is 25.2 Å². The minimum atomic E-state index is -3.82. The monoisotopic (exact) mass is 320 g/mol. The number of ether oxygens (including phenoxy) is 1. The largest absolute Gasteiger partial charge is 0.384 e. The summed E-state index contributed by atoms with van der Waals surface area (Å²) in [7, 11) is -2.17. The smallest absolute Gasteiger partial charge is 0.339 e. The van der Waals surface area contributed by atoms with Gasteiger partial charge in [-0.2, -0.15) is 8.42 Å². The first kappa shape index (κ1) is 16.5. The molecule has 0 saturated carbocycles. The van der Waals surface area contributed by atoms with Crippen molar-refractivity contribution in [1.29, 1.82) is 0 Å². The normalized spacial score (nSPS) is 11.4. The van der Waals surface area contributed by atoms with Crippen LogP contribution in [0.1, 0.15) is 16.7 Å². The Labute approximate surface area is 131 Å². The van der Waals surface area contributed by atoms with Crippen molar-refractivity contribution < 1.29 is 17.3 Å². The minimum absolute atomic E-state index is 0.205. The Bertz CT molecular complexity index is 734. The molecule has 0 aliphatic carbocycles. The van der Waals surface area contributed by atoms with Crippen LogP contribution in [0.5, 0.6) is 5.75 Å². The van der Waals surface area contributed by atoms with E-state index in [-0.39, 0.29) is 4.90 Å². The summed E-state index contributed by atoms with van der Waals surface area (Å²) in [5.41, 5.74) is 2.61. The highest BCUT2D eigenvalue weighted by molar-refractivity contribution is 7.87.